The second-order valence-electron chi connectivity index (χ2n) is 3.46. The van der Waals surface area contributed by atoms with E-state index in [9.17, 15) is 4.79 Å². The molecule has 1 aromatic carbocycles. The fourth-order valence-electron chi connectivity index (χ4n) is 1.84. The molecule has 0 unspecified atom stereocenters. The summed E-state index contributed by atoms with van der Waals surface area (Å²) in [7, 11) is 1.40. The first-order valence-electron chi connectivity index (χ1n) is 5.04. The molecule has 0 bridgehead atoms. The molecule has 1 heterocycles. The quantitative estimate of drug-likeness (QED) is 0.792. The molecule has 3 nitrogen and oxygen atoms in total. The first kappa shape index (κ1) is 11.2. The number of halogens is 1. The second kappa shape index (κ2) is 4.29. The molecule has 0 aliphatic heterocycles. The molecular weight excluding hydrogens is 270 g/mol. The van der Waals surface area contributed by atoms with E-state index in [1.54, 1.807) is 6.07 Å². The Hall–Kier alpha value is -1.29. The van der Waals surface area contributed by atoms with E-state index in [4.69, 9.17) is 4.74 Å². The average molecular weight is 282 g/mol. The first-order valence-corrected chi connectivity index (χ1v) is 5.84. The first-order chi connectivity index (χ1) is 7.69. The zero-order valence-electron chi connectivity index (χ0n) is 9.16. The van der Waals surface area contributed by atoms with Crippen LogP contribution < -0.4 is 0 Å². The van der Waals surface area contributed by atoms with E-state index in [0.29, 0.717) is 5.56 Å². The highest BCUT2D eigenvalue weighted by Crippen LogP contribution is 2.29. The van der Waals surface area contributed by atoms with Crippen LogP contribution in [0.4, 0.5) is 0 Å². The Morgan fingerprint density at radius 1 is 1.50 bits per heavy atom. The molecule has 1 aromatic heterocycles. The summed E-state index contributed by atoms with van der Waals surface area (Å²) in [5.41, 5.74) is 1.52. The van der Waals surface area contributed by atoms with Crippen molar-refractivity contribution in [2.45, 2.75) is 13.5 Å². The Morgan fingerprint density at radius 3 is 2.88 bits per heavy atom. The van der Waals surface area contributed by atoms with Crippen molar-refractivity contribution in [2.75, 3.05) is 7.11 Å². The van der Waals surface area contributed by atoms with Gasteiger partial charge in [-0.2, -0.15) is 0 Å². The summed E-state index contributed by atoms with van der Waals surface area (Å²) in [4.78, 5) is 11.7. The van der Waals surface area contributed by atoms with Crippen LogP contribution in [0.15, 0.2) is 28.9 Å². The van der Waals surface area contributed by atoms with E-state index in [1.807, 2.05) is 29.8 Å². The fourth-order valence-corrected chi connectivity index (χ4v) is 2.41. The molecule has 0 aliphatic carbocycles. The van der Waals surface area contributed by atoms with Crippen LogP contribution in [0.3, 0.4) is 0 Å². The maximum absolute atomic E-state index is 11.7. The van der Waals surface area contributed by atoms with Gasteiger partial charge < -0.3 is 9.30 Å². The summed E-state index contributed by atoms with van der Waals surface area (Å²) in [6.45, 7) is 2.86. The standard InChI is InChI=1S/C12H12BrNO2/c1-3-14-7-10(13)8-5-4-6-9(11(8)14)12(15)16-2/h4-7H,3H2,1-2H3. The van der Waals surface area contributed by atoms with Gasteiger partial charge in [0.25, 0.3) is 0 Å². The number of aryl methyl sites for hydroxylation is 1. The summed E-state index contributed by atoms with van der Waals surface area (Å²) in [6.07, 6.45) is 1.98. The van der Waals surface area contributed by atoms with E-state index >= 15 is 0 Å². The number of rotatable bonds is 2. The van der Waals surface area contributed by atoms with Gasteiger partial charge in [0.2, 0.25) is 0 Å². The van der Waals surface area contributed by atoms with Crippen LogP contribution in [0.1, 0.15) is 17.3 Å². The number of hydrogen-bond acceptors (Lipinski definition) is 2. The molecule has 0 N–H and O–H groups in total. The van der Waals surface area contributed by atoms with Gasteiger partial charge in [-0.15, -0.1) is 0 Å². The third-order valence-electron chi connectivity index (χ3n) is 2.60. The number of esters is 1. The van der Waals surface area contributed by atoms with E-state index < -0.39 is 0 Å². The van der Waals surface area contributed by atoms with Crippen molar-refractivity contribution >= 4 is 32.8 Å². The van der Waals surface area contributed by atoms with Gasteiger partial charge in [-0.3, -0.25) is 0 Å². The highest BCUT2D eigenvalue weighted by molar-refractivity contribution is 9.10. The zero-order valence-corrected chi connectivity index (χ0v) is 10.7. The molecule has 0 aliphatic rings. The van der Waals surface area contributed by atoms with Crippen LogP contribution in [-0.4, -0.2) is 17.6 Å². The number of aromatic nitrogens is 1. The highest BCUT2D eigenvalue weighted by Gasteiger charge is 2.15. The molecule has 84 valence electrons. The third kappa shape index (κ3) is 1.63. The van der Waals surface area contributed by atoms with Gasteiger partial charge in [0.15, 0.2) is 0 Å². The van der Waals surface area contributed by atoms with Crippen LogP contribution >= 0.6 is 15.9 Å². The Labute approximate surface area is 102 Å². The molecule has 2 aromatic rings. The van der Waals surface area contributed by atoms with E-state index in [2.05, 4.69) is 15.9 Å². The van der Waals surface area contributed by atoms with Crippen molar-refractivity contribution in [1.29, 1.82) is 0 Å². The molecule has 0 saturated carbocycles. The van der Waals surface area contributed by atoms with Crippen LogP contribution in [-0.2, 0) is 11.3 Å². The number of nitrogens with zero attached hydrogens (tertiary/aromatic N) is 1. The number of para-hydroxylation sites is 1. The van der Waals surface area contributed by atoms with Gasteiger partial charge >= 0.3 is 5.97 Å². The Bertz CT molecular complexity index is 545. The van der Waals surface area contributed by atoms with Crippen LogP contribution in [0.5, 0.6) is 0 Å². The van der Waals surface area contributed by atoms with Crippen molar-refractivity contribution in [3.8, 4) is 0 Å². The van der Waals surface area contributed by atoms with Crippen molar-refractivity contribution in [2.24, 2.45) is 0 Å². The summed E-state index contributed by atoms with van der Waals surface area (Å²) in [5, 5.41) is 1.03. The summed E-state index contributed by atoms with van der Waals surface area (Å²) in [5.74, 6) is -0.300. The maximum Gasteiger partial charge on any atom is 0.340 e. The van der Waals surface area contributed by atoms with Gasteiger partial charge in [-0.05, 0) is 28.9 Å². The van der Waals surface area contributed by atoms with Crippen molar-refractivity contribution < 1.29 is 9.53 Å². The van der Waals surface area contributed by atoms with Crippen molar-refractivity contribution in [3.63, 3.8) is 0 Å². The number of ether oxygens (including phenoxy) is 1. The van der Waals surface area contributed by atoms with Crippen molar-refractivity contribution in [3.05, 3.63) is 34.4 Å². The maximum atomic E-state index is 11.7. The summed E-state index contributed by atoms with van der Waals surface area (Å²) in [6, 6.07) is 5.63. The lowest BCUT2D eigenvalue weighted by atomic mass is 10.1. The number of carbonyl (C=O) groups is 1. The normalized spacial score (nSPS) is 10.7. The average Bonchev–Trinajstić information content (AvgIpc) is 2.65. The Morgan fingerprint density at radius 2 is 2.25 bits per heavy atom. The van der Waals surface area contributed by atoms with Gasteiger partial charge in [0.1, 0.15) is 0 Å². The molecule has 0 spiro atoms. The molecule has 16 heavy (non-hydrogen) atoms. The lowest BCUT2D eigenvalue weighted by molar-refractivity contribution is 0.0602. The second-order valence-corrected chi connectivity index (χ2v) is 4.31. The predicted molar refractivity (Wildman–Crippen MR) is 66.7 cm³/mol. The van der Waals surface area contributed by atoms with E-state index in [-0.39, 0.29) is 5.97 Å². The Kier molecular flexibility index (Phi) is 3.01. The van der Waals surface area contributed by atoms with Gasteiger partial charge in [-0.25, -0.2) is 4.79 Å². The largest absolute Gasteiger partial charge is 0.465 e. The van der Waals surface area contributed by atoms with Gasteiger partial charge in [-0.1, -0.05) is 12.1 Å². The van der Waals surface area contributed by atoms with Crippen molar-refractivity contribution in [1.82, 2.24) is 4.57 Å². The zero-order chi connectivity index (χ0) is 11.7. The van der Waals surface area contributed by atoms with Crippen LogP contribution in [0.25, 0.3) is 10.9 Å². The third-order valence-corrected chi connectivity index (χ3v) is 3.23. The molecule has 0 fully saturated rings. The lowest BCUT2D eigenvalue weighted by Crippen LogP contribution is -2.04. The molecular formula is C12H12BrNO2. The SMILES string of the molecule is CCn1cc(Br)c2cccc(C(=O)OC)c21. The summed E-state index contributed by atoms with van der Waals surface area (Å²) >= 11 is 3.49. The molecule has 2 rings (SSSR count). The molecule has 0 radical (unpaired) electrons. The molecule has 0 saturated heterocycles. The minimum atomic E-state index is -0.300. The minimum Gasteiger partial charge on any atom is -0.465 e. The summed E-state index contributed by atoms with van der Waals surface area (Å²) < 4.78 is 7.81. The van der Waals surface area contributed by atoms with Gasteiger partial charge in [0, 0.05) is 22.6 Å². The number of fused-ring (bicyclic) bond motifs is 1. The molecule has 0 amide bonds. The number of hydrogen-bond donors (Lipinski definition) is 0. The van der Waals surface area contributed by atoms with E-state index in [0.717, 1.165) is 21.9 Å². The monoisotopic (exact) mass is 281 g/mol. The van der Waals surface area contributed by atoms with E-state index in [1.165, 1.54) is 7.11 Å². The minimum absolute atomic E-state index is 0.300. The topological polar surface area (TPSA) is 31.2 Å². The molecule has 4 heteroatoms. The number of methoxy groups -OCH3 is 1. The molecule has 0 atom stereocenters. The Balaban J connectivity index is 2.79. The lowest BCUT2D eigenvalue weighted by Gasteiger charge is -2.05. The smallest absolute Gasteiger partial charge is 0.340 e. The van der Waals surface area contributed by atoms with Crippen LogP contribution in [0.2, 0.25) is 0 Å². The number of benzene rings is 1. The predicted octanol–water partition coefficient (Wildman–Crippen LogP) is 3.21. The number of carbonyl (C=O) groups excluding carboxylic acids is 1. The van der Waals surface area contributed by atoms with Crippen LogP contribution in [0, 0.1) is 0 Å². The van der Waals surface area contributed by atoms with Gasteiger partial charge in [0.05, 0.1) is 18.2 Å². The fraction of sp³-hybridized carbons (Fsp3) is 0.250. The highest BCUT2D eigenvalue weighted by atomic mass is 79.9.